The van der Waals surface area contributed by atoms with Crippen molar-refractivity contribution in [2.45, 2.75) is 117 Å². The summed E-state index contributed by atoms with van der Waals surface area (Å²) in [5.74, 6) is 0. The third-order valence-corrected chi connectivity index (χ3v) is 9.79. The molecule has 0 aromatic heterocycles. The molecule has 0 bridgehead atoms. The van der Waals surface area contributed by atoms with Crippen LogP contribution in [0.4, 0.5) is 0 Å². The van der Waals surface area contributed by atoms with Gasteiger partial charge in [-0.15, -0.1) is 0 Å². The molecule has 1 aliphatic carbocycles. The maximum atomic E-state index is 4.28. The van der Waals surface area contributed by atoms with Gasteiger partial charge in [-0.1, -0.05) is 159 Å². The van der Waals surface area contributed by atoms with Crippen molar-refractivity contribution in [3.63, 3.8) is 0 Å². The molecular weight excluding hydrogens is 504 g/mol. The molecule has 1 aliphatic rings. The second kappa shape index (κ2) is 12.6. The van der Waals surface area contributed by atoms with Crippen molar-refractivity contribution >= 4 is 0 Å². The third kappa shape index (κ3) is 5.88. The summed E-state index contributed by atoms with van der Waals surface area (Å²) in [7, 11) is 0. The first-order chi connectivity index (χ1) is 19.9. The zero-order chi connectivity index (χ0) is 30.7. The number of hydrogen-bond acceptors (Lipinski definition) is 0. The summed E-state index contributed by atoms with van der Waals surface area (Å²) in [4.78, 5) is 0. The Morgan fingerprint density at radius 3 is 2.00 bits per heavy atom. The van der Waals surface area contributed by atoms with Crippen LogP contribution in [0.15, 0.2) is 96.6 Å². The predicted molar refractivity (Wildman–Crippen MR) is 186 cm³/mol. The largest absolute Gasteiger partial charge is 0.0988 e. The standard InChI is InChI=1S/C42H54/c1-11-15-16-17-20-31(12-2)27-32(13-3)42(35-21-18-19-30(5)26-35)38-28-33(40(6,7)8)22-24-36(38)37-25-23-34(29-39(37)42)41(9,10)14-4/h12-13,18-19,21-29H,2,11,14-17,20H2,1,3-10H3. The Morgan fingerprint density at radius 1 is 0.810 bits per heavy atom. The van der Waals surface area contributed by atoms with Crippen molar-refractivity contribution in [1.29, 1.82) is 0 Å². The van der Waals surface area contributed by atoms with E-state index in [1.807, 2.05) is 0 Å². The number of allylic oxidation sites excluding steroid dienone is 5. The Morgan fingerprint density at radius 2 is 1.45 bits per heavy atom. The molecular formula is C42H54. The zero-order valence-corrected chi connectivity index (χ0v) is 28.0. The van der Waals surface area contributed by atoms with E-state index >= 15 is 0 Å². The SMILES string of the molecule is C=CC(=CC(=CC)C1(c2cccc(C)c2)c2cc(C(C)(C)C)ccc2-c2ccc(C(C)(C)CC)cc21)CCCCCC. The summed E-state index contributed by atoms with van der Waals surface area (Å²) in [5, 5.41) is 0. The van der Waals surface area contributed by atoms with Gasteiger partial charge in [-0.2, -0.15) is 0 Å². The van der Waals surface area contributed by atoms with Crippen LogP contribution in [0.2, 0.25) is 0 Å². The maximum Gasteiger partial charge on any atom is 0.0710 e. The van der Waals surface area contributed by atoms with Crippen molar-refractivity contribution in [3.05, 3.63) is 130 Å². The molecule has 3 aromatic carbocycles. The zero-order valence-electron chi connectivity index (χ0n) is 28.0. The maximum absolute atomic E-state index is 4.28. The van der Waals surface area contributed by atoms with Gasteiger partial charge in [0.25, 0.3) is 0 Å². The number of fused-ring (bicyclic) bond motifs is 3. The average molecular weight is 559 g/mol. The van der Waals surface area contributed by atoms with Crippen LogP contribution in [-0.4, -0.2) is 0 Å². The number of hydrogen-bond donors (Lipinski definition) is 0. The minimum absolute atomic E-state index is 0.0506. The summed E-state index contributed by atoms with van der Waals surface area (Å²) in [6.07, 6.45) is 14.1. The molecule has 0 heteroatoms. The van der Waals surface area contributed by atoms with E-state index in [1.54, 1.807) is 0 Å². The summed E-state index contributed by atoms with van der Waals surface area (Å²) >= 11 is 0. The van der Waals surface area contributed by atoms with Gasteiger partial charge in [0.1, 0.15) is 0 Å². The van der Waals surface area contributed by atoms with Crippen LogP contribution in [0.25, 0.3) is 11.1 Å². The van der Waals surface area contributed by atoms with E-state index in [9.17, 15) is 0 Å². The van der Waals surface area contributed by atoms with E-state index in [0.717, 1.165) is 12.8 Å². The molecule has 0 N–H and O–H groups in total. The van der Waals surface area contributed by atoms with E-state index in [4.69, 9.17) is 0 Å². The predicted octanol–water partition coefficient (Wildman–Crippen LogP) is 12.3. The van der Waals surface area contributed by atoms with Crippen LogP contribution >= 0.6 is 0 Å². The number of unbranched alkanes of at least 4 members (excludes halogenated alkanes) is 3. The summed E-state index contributed by atoms with van der Waals surface area (Å²) in [6, 6.07) is 23.9. The molecule has 1 unspecified atom stereocenters. The molecule has 1 atom stereocenters. The molecule has 4 rings (SSSR count). The molecule has 0 nitrogen and oxygen atoms in total. The minimum Gasteiger partial charge on any atom is -0.0988 e. The fraction of sp³-hybridized carbons (Fsp3) is 0.429. The molecule has 42 heavy (non-hydrogen) atoms. The van der Waals surface area contributed by atoms with Gasteiger partial charge in [0, 0.05) is 0 Å². The highest BCUT2D eigenvalue weighted by atomic mass is 14.5. The van der Waals surface area contributed by atoms with Crippen LogP contribution in [-0.2, 0) is 16.2 Å². The molecule has 0 amide bonds. The van der Waals surface area contributed by atoms with Crippen LogP contribution in [0, 0.1) is 6.92 Å². The van der Waals surface area contributed by atoms with Gasteiger partial charge in [0.15, 0.2) is 0 Å². The van der Waals surface area contributed by atoms with Gasteiger partial charge in [-0.3, -0.25) is 0 Å². The van der Waals surface area contributed by atoms with Gasteiger partial charge in [-0.25, -0.2) is 0 Å². The fourth-order valence-corrected chi connectivity index (χ4v) is 6.68. The number of benzene rings is 3. The highest BCUT2D eigenvalue weighted by molar-refractivity contribution is 5.87. The van der Waals surface area contributed by atoms with E-state index < -0.39 is 5.41 Å². The van der Waals surface area contributed by atoms with Gasteiger partial charge in [0.05, 0.1) is 5.41 Å². The molecule has 0 saturated carbocycles. The van der Waals surface area contributed by atoms with Crippen LogP contribution in [0.3, 0.4) is 0 Å². The Balaban J connectivity index is 2.12. The van der Waals surface area contributed by atoms with Crippen LogP contribution in [0.5, 0.6) is 0 Å². The summed E-state index contributed by atoms with van der Waals surface area (Å²) < 4.78 is 0. The van der Waals surface area contributed by atoms with Crippen molar-refractivity contribution in [1.82, 2.24) is 0 Å². The molecule has 0 spiro atoms. The summed E-state index contributed by atoms with van der Waals surface area (Å²) in [5.41, 5.74) is 13.4. The second-order valence-electron chi connectivity index (χ2n) is 14.1. The molecule has 3 aromatic rings. The Labute approximate surface area is 257 Å². The quantitative estimate of drug-likeness (QED) is 0.162. The lowest BCUT2D eigenvalue weighted by Crippen LogP contribution is -2.30. The Bertz CT molecular complexity index is 1480. The normalized spacial score (nSPS) is 17.3. The molecule has 0 fully saturated rings. The fourth-order valence-electron chi connectivity index (χ4n) is 6.68. The lowest BCUT2D eigenvalue weighted by Gasteiger charge is -2.37. The van der Waals surface area contributed by atoms with E-state index in [-0.39, 0.29) is 10.8 Å². The van der Waals surface area contributed by atoms with Crippen molar-refractivity contribution < 1.29 is 0 Å². The number of aryl methyl sites for hydroxylation is 1. The van der Waals surface area contributed by atoms with Crippen LogP contribution < -0.4 is 0 Å². The monoisotopic (exact) mass is 558 g/mol. The van der Waals surface area contributed by atoms with Crippen LogP contribution in [0.1, 0.15) is 127 Å². The molecule has 0 saturated heterocycles. The van der Waals surface area contributed by atoms with Gasteiger partial charge in [0.2, 0.25) is 0 Å². The smallest absolute Gasteiger partial charge is 0.0710 e. The van der Waals surface area contributed by atoms with Gasteiger partial charge < -0.3 is 0 Å². The van der Waals surface area contributed by atoms with E-state index in [0.29, 0.717) is 0 Å². The molecule has 0 radical (unpaired) electrons. The first kappa shape index (κ1) is 31.8. The first-order valence-corrected chi connectivity index (χ1v) is 16.3. The third-order valence-electron chi connectivity index (χ3n) is 9.79. The number of rotatable bonds is 11. The van der Waals surface area contributed by atoms with E-state index in [1.165, 1.54) is 81.3 Å². The average Bonchev–Trinajstić information content (AvgIpc) is 3.26. The lowest BCUT2D eigenvalue weighted by atomic mass is 9.65. The topological polar surface area (TPSA) is 0 Å². The molecule has 0 heterocycles. The summed E-state index contributed by atoms with van der Waals surface area (Å²) in [6.45, 7) is 25.1. The van der Waals surface area contributed by atoms with Crippen molar-refractivity contribution in [3.8, 4) is 11.1 Å². The van der Waals surface area contributed by atoms with Gasteiger partial charge >= 0.3 is 0 Å². The van der Waals surface area contributed by atoms with Crippen molar-refractivity contribution in [2.75, 3.05) is 0 Å². The highest BCUT2D eigenvalue weighted by Crippen LogP contribution is 2.58. The Kier molecular flexibility index (Phi) is 9.56. The van der Waals surface area contributed by atoms with Crippen molar-refractivity contribution in [2.24, 2.45) is 0 Å². The molecule has 0 aliphatic heterocycles. The lowest BCUT2D eigenvalue weighted by molar-refractivity contribution is 0.505. The highest BCUT2D eigenvalue weighted by Gasteiger charge is 2.47. The molecule has 222 valence electrons. The minimum atomic E-state index is -0.412. The van der Waals surface area contributed by atoms with E-state index in [2.05, 4.69) is 148 Å². The Hall–Kier alpha value is -3.12. The first-order valence-electron chi connectivity index (χ1n) is 16.3. The second-order valence-corrected chi connectivity index (χ2v) is 14.1. The van der Waals surface area contributed by atoms with Gasteiger partial charge in [-0.05, 0) is 94.0 Å².